The third-order valence-corrected chi connectivity index (χ3v) is 5.80. The number of halogens is 10. The maximum Gasteiger partial charge on any atom is 0.516 e. The molecule has 0 saturated carbocycles. The molecule has 0 bridgehead atoms. The second-order valence-electron chi connectivity index (χ2n) is 7.17. The van der Waals surface area contributed by atoms with Crippen LogP contribution in [0.25, 0.3) is 0 Å². The Labute approximate surface area is 203 Å². The zero-order valence-electron chi connectivity index (χ0n) is 17.9. The lowest BCUT2D eigenvalue weighted by molar-refractivity contribution is -0.143. The van der Waals surface area contributed by atoms with Crippen LogP contribution in [0.15, 0.2) is 41.6 Å². The second kappa shape index (κ2) is 10.7. The van der Waals surface area contributed by atoms with Gasteiger partial charge in [-0.15, -0.1) is 0 Å². The van der Waals surface area contributed by atoms with Gasteiger partial charge in [-0.2, -0.15) is 47.9 Å². The van der Waals surface area contributed by atoms with E-state index in [-0.39, 0.29) is 35.2 Å². The Bertz CT molecular complexity index is 1220. The first-order valence-corrected chi connectivity index (χ1v) is 11.6. The van der Waals surface area contributed by atoms with Crippen molar-refractivity contribution in [1.29, 1.82) is 0 Å². The molecule has 2 aromatic rings. The predicted molar refractivity (Wildman–Crippen MR) is 113 cm³/mol. The monoisotopic (exact) mass is 570 g/mol. The van der Waals surface area contributed by atoms with Crippen LogP contribution >= 0.6 is 11.6 Å². The van der Waals surface area contributed by atoms with E-state index < -0.39 is 56.9 Å². The summed E-state index contributed by atoms with van der Waals surface area (Å²) < 4.78 is 141. The molecule has 0 aliphatic heterocycles. The highest BCUT2D eigenvalue weighted by atomic mass is 35.5. The van der Waals surface area contributed by atoms with Crippen molar-refractivity contribution < 1.29 is 52.8 Å². The fourth-order valence-corrected chi connectivity index (χ4v) is 3.59. The van der Waals surface area contributed by atoms with Gasteiger partial charge in [-0.1, -0.05) is 36.2 Å². The molecule has 0 saturated heterocycles. The van der Waals surface area contributed by atoms with Crippen LogP contribution in [0.1, 0.15) is 42.0 Å². The Balaban J connectivity index is 2.45. The van der Waals surface area contributed by atoms with Crippen LogP contribution in [0.5, 0.6) is 0 Å². The standard InChI is InChI=1S/C20H16ClF9N2O3S/c1-2-3-16(14-9-13(21)6-7-17(14)32-36(33,34)20(28,29)30)31-35-10-11-4-5-12(18(22,23)24)8-15(11)19(25,26)27/h4-9,32H,2-3,10H2,1H3. The van der Waals surface area contributed by atoms with E-state index in [0.29, 0.717) is 12.1 Å². The van der Waals surface area contributed by atoms with Gasteiger partial charge in [0.05, 0.1) is 22.5 Å². The lowest BCUT2D eigenvalue weighted by atomic mass is 10.0. The molecule has 5 nitrogen and oxygen atoms in total. The van der Waals surface area contributed by atoms with Crippen LogP contribution < -0.4 is 4.72 Å². The topological polar surface area (TPSA) is 67.8 Å². The number of benzene rings is 2. The van der Waals surface area contributed by atoms with Gasteiger partial charge in [0.15, 0.2) is 0 Å². The summed E-state index contributed by atoms with van der Waals surface area (Å²) >= 11 is 5.86. The number of nitrogens with one attached hydrogen (secondary N) is 1. The smallest absolute Gasteiger partial charge is 0.391 e. The summed E-state index contributed by atoms with van der Waals surface area (Å²) in [5.41, 5.74) is -10.5. The van der Waals surface area contributed by atoms with Gasteiger partial charge in [0.2, 0.25) is 0 Å². The van der Waals surface area contributed by atoms with Crippen molar-refractivity contribution in [2.75, 3.05) is 4.72 Å². The molecule has 2 rings (SSSR count). The molecular formula is C20H16ClF9N2O3S. The maximum absolute atomic E-state index is 13.3. The minimum Gasteiger partial charge on any atom is -0.391 e. The van der Waals surface area contributed by atoms with E-state index in [1.165, 1.54) is 4.72 Å². The van der Waals surface area contributed by atoms with Crippen LogP contribution in [0.3, 0.4) is 0 Å². The Hall–Kier alpha value is -2.68. The van der Waals surface area contributed by atoms with Gasteiger partial charge < -0.3 is 4.84 Å². The normalized spacial score (nSPS) is 13.6. The minimum absolute atomic E-state index is 0.0362. The van der Waals surface area contributed by atoms with Crippen molar-refractivity contribution >= 4 is 33.0 Å². The molecule has 0 atom stereocenters. The van der Waals surface area contributed by atoms with Crippen molar-refractivity contribution in [2.45, 2.75) is 44.2 Å². The second-order valence-corrected chi connectivity index (χ2v) is 9.28. The number of rotatable bonds is 8. The Morgan fingerprint density at radius 2 is 1.61 bits per heavy atom. The summed E-state index contributed by atoms with van der Waals surface area (Å²) in [6.07, 6.45) is -9.95. The SMILES string of the molecule is CCCC(=NOCc1ccc(C(F)(F)F)cc1C(F)(F)F)c1cc(Cl)ccc1NS(=O)(=O)C(F)(F)F. The zero-order chi connectivity index (χ0) is 27.5. The molecule has 0 radical (unpaired) electrons. The number of alkyl halides is 9. The number of sulfonamides is 1. The molecule has 0 unspecified atom stereocenters. The van der Waals surface area contributed by atoms with E-state index in [2.05, 4.69) is 5.16 Å². The van der Waals surface area contributed by atoms with E-state index in [0.717, 1.165) is 18.2 Å². The van der Waals surface area contributed by atoms with Crippen molar-refractivity contribution in [3.05, 3.63) is 63.7 Å². The van der Waals surface area contributed by atoms with E-state index >= 15 is 0 Å². The third kappa shape index (κ3) is 7.41. The molecule has 0 spiro atoms. The van der Waals surface area contributed by atoms with E-state index in [4.69, 9.17) is 16.4 Å². The molecule has 0 heterocycles. The van der Waals surface area contributed by atoms with E-state index in [1.54, 1.807) is 6.92 Å². The van der Waals surface area contributed by atoms with Crippen LogP contribution in [0.4, 0.5) is 45.2 Å². The molecule has 0 aliphatic rings. The highest BCUT2D eigenvalue weighted by molar-refractivity contribution is 7.93. The fraction of sp³-hybridized carbons (Fsp3) is 0.350. The van der Waals surface area contributed by atoms with Crippen LogP contribution in [-0.2, 0) is 33.8 Å². The van der Waals surface area contributed by atoms with Crippen LogP contribution in [0.2, 0.25) is 5.02 Å². The molecule has 36 heavy (non-hydrogen) atoms. The number of nitrogens with zero attached hydrogens (tertiary/aromatic N) is 1. The summed E-state index contributed by atoms with van der Waals surface area (Å²) in [6, 6.07) is 3.96. The quantitative estimate of drug-likeness (QED) is 0.205. The summed E-state index contributed by atoms with van der Waals surface area (Å²) in [5, 5.41) is 3.58. The van der Waals surface area contributed by atoms with Gasteiger partial charge >= 0.3 is 27.9 Å². The number of hydrogen-bond acceptors (Lipinski definition) is 4. The molecule has 1 N–H and O–H groups in total. The van der Waals surface area contributed by atoms with E-state index in [1.807, 2.05) is 0 Å². The zero-order valence-corrected chi connectivity index (χ0v) is 19.5. The van der Waals surface area contributed by atoms with Gasteiger partial charge in [-0.25, -0.2) is 0 Å². The number of hydrogen-bond donors (Lipinski definition) is 1. The number of oxime groups is 1. The van der Waals surface area contributed by atoms with Crippen molar-refractivity contribution in [2.24, 2.45) is 5.16 Å². The van der Waals surface area contributed by atoms with E-state index in [9.17, 15) is 47.9 Å². The fourth-order valence-electron chi connectivity index (χ4n) is 2.84. The molecule has 0 aromatic heterocycles. The molecule has 200 valence electrons. The average Bonchev–Trinajstić information content (AvgIpc) is 2.72. The minimum atomic E-state index is -5.84. The largest absolute Gasteiger partial charge is 0.516 e. The first kappa shape index (κ1) is 29.5. The van der Waals surface area contributed by atoms with Crippen LogP contribution in [-0.4, -0.2) is 19.6 Å². The Morgan fingerprint density at radius 3 is 2.14 bits per heavy atom. The summed E-state index contributed by atoms with van der Waals surface area (Å²) in [7, 11) is -5.84. The Morgan fingerprint density at radius 1 is 0.972 bits per heavy atom. The third-order valence-electron chi connectivity index (χ3n) is 4.47. The molecule has 2 aromatic carbocycles. The summed E-state index contributed by atoms with van der Waals surface area (Å²) in [6.45, 7) is 0.654. The molecule has 0 amide bonds. The lowest BCUT2D eigenvalue weighted by Gasteiger charge is -2.17. The first-order chi connectivity index (χ1) is 16.4. The average molecular weight is 571 g/mol. The molecule has 0 fully saturated rings. The van der Waals surface area contributed by atoms with Crippen molar-refractivity contribution in [3.8, 4) is 0 Å². The predicted octanol–water partition coefficient (Wildman–Crippen LogP) is 7.36. The van der Waals surface area contributed by atoms with Gasteiger partial charge in [0.25, 0.3) is 0 Å². The highest BCUT2D eigenvalue weighted by Gasteiger charge is 2.46. The summed E-state index contributed by atoms with van der Waals surface area (Å²) in [5.74, 6) is 0. The van der Waals surface area contributed by atoms with Gasteiger partial charge in [-0.3, -0.25) is 4.72 Å². The lowest BCUT2D eigenvalue weighted by Crippen LogP contribution is -2.30. The highest BCUT2D eigenvalue weighted by Crippen LogP contribution is 2.37. The maximum atomic E-state index is 13.3. The number of anilines is 1. The Kier molecular flexibility index (Phi) is 8.82. The van der Waals surface area contributed by atoms with Gasteiger partial charge in [0.1, 0.15) is 6.61 Å². The van der Waals surface area contributed by atoms with Crippen molar-refractivity contribution in [1.82, 2.24) is 0 Å². The molecule has 0 aliphatic carbocycles. The summed E-state index contributed by atoms with van der Waals surface area (Å²) in [4.78, 5) is 4.91. The van der Waals surface area contributed by atoms with Crippen molar-refractivity contribution in [3.63, 3.8) is 0 Å². The van der Waals surface area contributed by atoms with Gasteiger partial charge in [-0.05, 0) is 36.8 Å². The molecule has 16 heteroatoms. The first-order valence-electron chi connectivity index (χ1n) is 9.72. The van der Waals surface area contributed by atoms with Crippen LogP contribution in [0, 0.1) is 0 Å². The molecular weight excluding hydrogens is 555 g/mol. The van der Waals surface area contributed by atoms with Gasteiger partial charge in [0, 0.05) is 16.1 Å².